The van der Waals surface area contributed by atoms with Gasteiger partial charge >= 0.3 is 0 Å². The van der Waals surface area contributed by atoms with Crippen molar-refractivity contribution >= 4 is 0 Å². The first-order chi connectivity index (χ1) is 6.11. The van der Waals surface area contributed by atoms with Crippen molar-refractivity contribution in [2.75, 3.05) is 7.11 Å². The summed E-state index contributed by atoms with van der Waals surface area (Å²) in [6.45, 7) is 6.63. The highest BCUT2D eigenvalue weighted by atomic mass is 16.5. The van der Waals surface area contributed by atoms with Crippen LogP contribution in [-0.4, -0.2) is 19.3 Å². The molecule has 0 aromatic carbocycles. The first kappa shape index (κ1) is 12.9. The number of ether oxygens (including phenoxy) is 1. The maximum atomic E-state index is 6.04. The fourth-order valence-corrected chi connectivity index (χ4v) is 1.50. The topological polar surface area (TPSA) is 35.2 Å². The van der Waals surface area contributed by atoms with Crippen LogP contribution in [0.25, 0.3) is 0 Å². The minimum absolute atomic E-state index is 0.215. The van der Waals surface area contributed by atoms with Gasteiger partial charge in [0.25, 0.3) is 0 Å². The van der Waals surface area contributed by atoms with E-state index in [9.17, 15) is 0 Å². The molecule has 0 spiro atoms. The molecule has 2 unspecified atom stereocenters. The van der Waals surface area contributed by atoms with Gasteiger partial charge in [0, 0.05) is 13.2 Å². The zero-order valence-corrected chi connectivity index (χ0v) is 9.55. The molecule has 0 aromatic rings. The molecule has 0 saturated carbocycles. The molecule has 0 fully saturated rings. The molecular weight excluding hydrogens is 162 g/mol. The van der Waals surface area contributed by atoms with E-state index in [0.29, 0.717) is 0 Å². The Morgan fingerprint density at radius 3 is 2.15 bits per heavy atom. The van der Waals surface area contributed by atoms with Gasteiger partial charge in [0.2, 0.25) is 0 Å². The maximum Gasteiger partial charge on any atom is 0.0722 e. The van der Waals surface area contributed by atoms with E-state index < -0.39 is 0 Å². The van der Waals surface area contributed by atoms with Crippen LogP contribution in [0.1, 0.15) is 46.5 Å². The smallest absolute Gasteiger partial charge is 0.0722 e. The lowest BCUT2D eigenvalue weighted by Gasteiger charge is -2.22. The predicted octanol–water partition coefficient (Wildman–Crippen LogP) is 2.57. The van der Waals surface area contributed by atoms with Gasteiger partial charge in [0.05, 0.1) is 6.10 Å². The molecule has 0 aliphatic carbocycles. The Balaban J connectivity index is 3.69. The van der Waals surface area contributed by atoms with Crippen LogP contribution in [0.4, 0.5) is 0 Å². The zero-order valence-electron chi connectivity index (χ0n) is 9.55. The Labute approximate surface area is 82.8 Å². The minimum Gasteiger partial charge on any atom is -0.380 e. The van der Waals surface area contributed by atoms with Crippen molar-refractivity contribution < 1.29 is 4.74 Å². The Kier molecular flexibility index (Phi) is 7.29. The molecule has 2 N–H and O–H groups in total. The lowest BCUT2D eigenvalue weighted by Crippen LogP contribution is -2.36. The first-order valence-electron chi connectivity index (χ1n) is 5.40. The Morgan fingerprint density at radius 1 is 1.15 bits per heavy atom. The Bertz CT molecular complexity index is 115. The van der Waals surface area contributed by atoms with Crippen molar-refractivity contribution in [3.63, 3.8) is 0 Å². The van der Waals surface area contributed by atoms with Crippen molar-refractivity contribution in [2.24, 2.45) is 11.7 Å². The molecule has 2 heteroatoms. The van der Waals surface area contributed by atoms with E-state index in [2.05, 4.69) is 20.8 Å². The van der Waals surface area contributed by atoms with Crippen molar-refractivity contribution in [3.05, 3.63) is 0 Å². The molecule has 0 amide bonds. The average molecular weight is 187 g/mol. The van der Waals surface area contributed by atoms with Crippen molar-refractivity contribution in [1.29, 1.82) is 0 Å². The van der Waals surface area contributed by atoms with E-state index in [1.54, 1.807) is 7.11 Å². The van der Waals surface area contributed by atoms with Gasteiger partial charge < -0.3 is 10.5 Å². The summed E-state index contributed by atoms with van der Waals surface area (Å²) >= 11 is 0. The van der Waals surface area contributed by atoms with Crippen LogP contribution in [-0.2, 0) is 4.74 Å². The third kappa shape index (κ3) is 6.05. The van der Waals surface area contributed by atoms with Crippen molar-refractivity contribution in [3.8, 4) is 0 Å². The summed E-state index contributed by atoms with van der Waals surface area (Å²) in [5.74, 6) is 0.741. The number of nitrogens with two attached hydrogens (primary N) is 1. The molecule has 0 aromatic heterocycles. The third-order valence-electron chi connectivity index (χ3n) is 2.43. The second-order valence-corrected chi connectivity index (χ2v) is 4.20. The van der Waals surface area contributed by atoms with E-state index in [1.165, 1.54) is 6.42 Å². The molecule has 80 valence electrons. The van der Waals surface area contributed by atoms with Gasteiger partial charge in [-0.05, 0) is 25.2 Å². The van der Waals surface area contributed by atoms with Crippen LogP contribution in [0.2, 0.25) is 0 Å². The van der Waals surface area contributed by atoms with Gasteiger partial charge in [-0.2, -0.15) is 0 Å². The summed E-state index contributed by atoms with van der Waals surface area (Å²) in [6.07, 6.45) is 4.76. The fourth-order valence-electron chi connectivity index (χ4n) is 1.50. The van der Waals surface area contributed by atoms with E-state index in [0.717, 1.165) is 25.2 Å². The first-order valence-corrected chi connectivity index (χ1v) is 5.40. The van der Waals surface area contributed by atoms with Crippen LogP contribution < -0.4 is 5.73 Å². The lowest BCUT2D eigenvalue weighted by atomic mass is 9.98. The molecular formula is C11H25NO. The molecule has 0 saturated heterocycles. The van der Waals surface area contributed by atoms with Gasteiger partial charge in [-0.3, -0.25) is 0 Å². The van der Waals surface area contributed by atoms with Gasteiger partial charge in [0.1, 0.15) is 0 Å². The Morgan fingerprint density at radius 2 is 1.77 bits per heavy atom. The van der Waals surface area contributed by atoms with Crippen molar-refractivity contribution in [2.45, 2.75) is 58.6 Å². The number of hydrogen-bond donors (Lipinski definition) is 1. The summed E-state index contributed by atoms with van der Waals surface area (Å²) in [7, 11) is 1.76. The van der Waals surface area contributed by atoms with Gasteiger partial charge in [-0.25, -0.2) is 0 Å². The van der Waals surface area contributed by atoms with Gasteiger partial charge in [0.15, 0.2) is 0 Å². The number of hydrogen-bond acceptors (Lipinski definition) is 2. The largest absolute Gasteiger partial charge is 0.380 e. The van der Waals surface area contributed by atoms with Crippen molar-refractivity contribution in [1.82, 2.24) is 0 Å². The van der Waals surface area contributed by atoms with Crippen LogP contribution >= 0.6 is 0 Å². The number of rotatable bonds is 7. The number of methoxy groups -OCH3 is 1. The lowest BCUT2D eigenvalue weighted by molar-refractivity contribution is 0.0686. The second-order valence-electron chi connectivity index (χ2n) is 4.20. The quantitative estimate of drug-likeness (QED) is 0.665. The zero-order chi connectivity index (χ0) is 10.3. The SMILES string of the molecule is CCCC(OC)C(N)CCC(C)C. The molecule has 0 heterocycles. The molecule has 0 radical (unpaired) electrons. The standard InChI is InChI=1S/C11H25NO/c1-5-6-11(13-4)10(12)8-7-9(2)3/h9-11H,5-8,12H2,1-4H3. The minimum atomic E-state index is 0.215. The van der Waals surface area contributed by atoms with Crippen LogP contribution in [0.5, 0.6) is 0 Å². The van der Waals surface area contributed by atoms with Gasteiger partial charge in [-0.15, -0.1) is 0 Å². The summed E-state index contributed by atoms with van der Waals surface area (Å²) < 4.78 is 5.36. The molecule has 2 nitrogen and oxygen atoms in total. The van der Waals surface area contributed by atoms with Crippen LogP contribution in [0, 0.1) is 5.92 Å². The summed E-state index contributed by atoms with van der Waals surface area (Å²) in [5, 5.41) is 0. The fraction of sp³-hybridized carbons (Fsp3) is 1.00. The predicted molar refractivity (Wildman–Crippen MR) is 57.8 cm³/mol. The summed E-state index contributed by atoms with van der Waals surface area (Å²) in [5.41, 5.74) is 6.04. The van der Waals surface area contributed by atoms with E-state index in [-0.39, 0.29) is 12.1 Å². The second kappa shape index (κ2) is 7.34. The molecule has 13 heavy (non-hydrogen) atoms. The summed E-state index contributed by atoms with van der Waals surface area (Å²) in [4.78, 5) is 0. The summed E-state index contributed by atoms with van der Waals surface area (Å²) in [6, 6.07) is 0.215. The molecule has 0 rings (SSSR count). The monoisotopic (exact) mass is 187 g/mol. The van der Waals surface area contributed by atoms with E-state index in [1.807, 2.05) is 0 Å². The third-order valence-corrected chi connectivity index (χ3v) is 2.43. The highest BCUT2D eigenvalue weighted by Crippen LogP contribution is 2.12. The van der Waals surface area contributed by atoms with E-state index >= 15 is 0 Å². The van der Waals surface area contributed by atoms with Crippen LogP contribution in [0.3, 0.4) is 0 Å². The molecule has 2 atom stereocenters. The van der Waals surface area contributed by atoms with E-state index in [4.69, 9.17) is 10.5 Å². The van der Waals surface area contributed by atoms with Gasteiger partial charge in [-0.1, -0.05) is 27.2 Å². The molecule has 0 bridgehead atoms. The molecule has 0 aliphatic rings. The highest BCUT2D eigenvalue weighted by molar-refractivity contribution is 4.73. The Hall–Kier alpha value is -0.0800. The van der Waals surface area contributed by atoms with Crippen LogP contribution in [0.15, 0.2) is 0 Å². The maximum absolute atomic E-state index is 6.04. The molecule has 0 aliphatic heterocycles. The highest BCUT2D eigenvalue weighted by Gasteiger charge is 2.15. The normalized spacial score (nSPS) is 16.2. The average Bonchev–Trinajstić information content (AvgIpc) is 2.10.